The Bertz CT molecular complexity index is 549. The van der Waals surface area contributed by atoms with Crippen LogP contribution in [0.2, 0.25) is 15.1 Å². The van der Waals surface area contributed by atoms with Gasteiger partial charge in [-0.25, -0.2) is 0 Å². The Morgan fingerprint density at radius 1 is 1.21 bits per heavy atom. The fourth-order valence-electron chi connectivity index (χ4n) is 2.58. The van der Waals surface area contributed by atoms with Gasteiger partial charge in [0.25, 0.3) is 5.91 Å². The Labute approximate surface area is 164 Å². The van der Waals surface area contributed by atoms with Crippen LogP contribution in [0.1, 0.15) is 19.8 Å². The highest BCUT2D eigenvalue weighted by atomic mass is 35.5. The van der Waals surface area contributed by atoms with Gasteiger partial charge in [-0.15, -0.1) is 12.4 Å². The molecule has 1 heterocycles. The molecule has 136 valence electrons. The molecule has 0 unspecified atom stereocenters. The van der Waals surface area contributed by atoms with Crippen LogP contribution in [-0.4, -0.2) is 43.6 Å². The Balaban J connectivity index is 0.00000288. The van der Waals surface area contributed by atoms with Crippen molar-refractivity contribution in [3.63, 3.8) is 0 Å². The number of hydrogen-bond donors (Lipinski definition) is 1. The molecule has 0 spiro atoms. The van der Waals surface area contributed by atoms with Crippen molar-refractivity contribution in [2.75, 3.05) is 32.8 Å². The predicted molar refractivity (Wildman–Crippen MR) is 102 cm³/mol. The molecule has 0 bridgehead atoms. The van der Waals surface area contributed by atoms with Gasteiger partial charge in [0, 0.05) is 19.2 Å². The number of carbonyl (C=O) groups excluding carboxylic acids is 1. The first-order valence-electron chi connectivity index (χ1n) is 7.77. The average molecular weight is 416 g/mol. The Morgan fingerprint density at radius 3 is 2.46 bits per heavy atom. The highest BCUT2D eigenvalue weighted by Gasteiger charge is 2.23. The van der Waals surface area contributed by atoms with E-state index in [-0.39, 0.29) is 24.9 Å². The van der Waals surface area contributed by atoms with Crippen LogP contribution in [-0.2, 0) is 4.79 Å². The smallest absolute Gasteiger partial charge is 0.260 e. The molecule has 1 N–H and O–H groups in total. The van der Waals surface area contributed by atoms with E-state index in [0.717, 1.165) is 39.0 Å². The maximum absolute atomic E-state index is 12.2. The molecule has 0 saturated carbocycles. The number of rotatable bonds is 6. The zero-order chi connectivity index (χ0) is 16.8. The molecule has 0 aromatic heterocycles. The van der Waals surface area contributed by atoms with E-state index in [2.05, 4.69) is 12.2 Å². The van der Waals surface area contributed by atoms with Gasteiger partial charge in [0.15, 0.2) is 6.61 Å². The lowest BCUT2D eigenvalue weighted by atomic mass is 9.97. The van der Waals surface area contributed by atoms with Gasteiger partial charge in [-0.2, -0.15) is 0 Å². The van der Waals surface area contributed by atoms with E-state index in [1.165, 1.54) is 12.1 Å². The molecule has 2 rings (SSSR count). The summed E-state index contributed by atoms with van der Waals surface area (Å²) < 4.78 is 5.50. The van der Waals surface area contributed by atoms with Gasteiger partial charge in [-0.05, 0) is 37.9 Å². The number of halogens is 4. The SMILES string of the molecule is CCNCC1CCN(C(=O)COc2cc(Cl)c(Cl)cc2Cl)CC1.Cl. The molecule has 0 aliphatic carbocycles. The van der Waals surface area contributed by atoms with Crippen molar-refractivity contribution in [2.24, 2.45) is 5.92 Å². The van der Waals surface area contributed by atoms with Crippen molar-refractivity contribution < 1.29 is 9.53 Å². The number of nitrogens with one attached hydrogen (secondary N) is 1. The minimum Gasteiger partial charge on any atom is -0.482 e. The third kappa shape index (κ3) is 6.16. The molecule has 8 heteroatoms. The van der Waals surface area contributed by atoms with Crippen molar-refractivity contribution >= 4 is 53.1 Å². The zero-order valence-corrected chi connectivity index (χ0v) is 16.6. The van der Waals surface area contributed by atoms with E-state index < -0.39 is 0 Å². The van der Waals surface area contributed by atoms with Gasteiger partial charge in [0.1, 0.15) is 5.75 Å². The molecule has 0 atom stereocenters. The van der Waals surface area contributed by atoms with Crippen LogP contribution < -0.4 is 10.1 Å². The number of amides is 1. The summed E-state index contributed by atoms with van der Waals surface area (Å²) in [6, 6.07) is 3.04. The third-order valence-corrected chi connectivity index (χ3v) is 4.99. The second-order valence-electron chi connectivity index (χ2n) is 5.62. The predicted octanol–water partition coefficient (Wildman–Crippen LogP) is 4.30. The van der Waals surface area contributed by atoms with Crippen molar-refractivity contribution in [1.82, 2.24) is 10.2 Å². The first-order valence-corrected chi connectivity index (χ1v) is 8.90. The highest BCUT2D eigenvalue weighted by molar-refractivity contribution is 6.43. The van der Waals surface area contributed by atoms with Crippen LogP contribution in [0.3, 0.4) is 0 Å². The van der Waals surface area contributed by atoms with Gasteiger partial charge in [0.2, 0.25) is 0 Å². The molecule has 0 radical (unpaired) electrons. The lowest BCUT2D eigenvalue weighted by Gasteiger charge is -2.32. The van der Waals surface area contributed by atoms with Gasteiger partial charge < -0.3 is 15.0 Å². The van der Waals surface area contributed by atoms with Crippen LogP contribution in [0.15, 0.2) is 12.1 Å². The average Bonchev–Trinajstić information content (AvgIpc) is 2.55. The van der Waals surface area contributed by atoms with E-state index >= 15 is 0 Å². The van der Waals surface area contributed by atoms with Gasteiger partial charge in [0.05, 0.1) is 15.1 Å². The van der Waals surface area contributed by atoms with E-state index in [9.17, 15) is 4.79 Å². The Morgan fingerprint density at radius 2 is 1.83 bits per heavy atom. The first kappa shape index (κ1) is 21.7. The van der Waals surface area contributed by atoms with Gasteiger partial charge >= 0.3 is 0 Å². The molecule has 1 aliphatic heterocycles. The normalized spacial score (nSPS) is 15.1. The number of ether oxygens (including phenoxy) is 1. The minimum absolute atomic E-state index is 0. The zero-order valence-electron chi connectivity index (χ0n) is 13.5. The van der Waals surface area contributed by atoms with Crippen LogP contribution >= 0.6 is 47.2 Å². The quantitative estimate of drug-likeness (QED) is 0.704. The fourth-order valence-corrected chi connectivity index (χ4v) is 3.17. The Hall–Kier alpha value is -0.390. The van der Waals surface area contributed by atoms with E-state index in [4.69, 9.17) is 39.5 Å². The summed E-state index contributed by atoms with van der Waals surface area (Å²) in [5.74, 6) is 0.981. The van der Waals surface area contributed by atoms with Crippen LogP contribution in [0.4, 0.5) is 0 Å². The lowest BCUT2D eigenvalue weighted by Crippen LogP contribution is -2.42. The molecule has 1 amide bonds. The van der Waals surface area contributed by atoms with Gasteiger partial charge in [-0.3, -0.25) is 4.79 Å². The molecule has 1 aromatic rings. The summed E-state index contributed by atoms with van der Waals surface area (Å²) in [4.78, 5) is 14.1. The summed E-state index contributed by atoms with van der Waals surface area (Å²) in [5, 5.41) is 4.41. The van der Waals surface area contributed by atoms with Crippen molar-refractivity contribution in [3.8, 4) is 5.75 Å². The fraction of sp³-hybridized carbons (Fsp3) is 0.562. The molecule has 1 saturated heterocycles. The number of piperidine rings is 1. The second kappa shape index (κ2) is 10.6. The van der Waals surface area contributed by atoms with E-state index in [0.29, 0.717) is 26.7 Å². The molecule has 1 aliphatic rings. The minimum atomic E-state index is -0.0461. The molecule has 24 heavy (non-hydrogen) atoms. The maximum atomic E-state index is 12.2. The summed E-state index contributed by atoms with van der Waals surface area (Å²) >= 11 is 17.8. The molecular weight excluding hydrogens is 394 g/mol. The summed E-state index contributed by atoms with van der Waals surface area (Å²) in [7, 11) is 0. The van der Waals surface area contributed by atoms with E-state index in [1.807, 2.05) is 4.90 Å². The maximum Gasteiger partial charge on any atom is 0.260 e. The number of nitrogens with zero attached hydrogens (tertiary/aromatic N) is 1. The highest BCUT2D eigenvalue weighted by Crippen LogP contribution is 2.33. The number of hydrogen-bond acceptors (Lipinski definition) is 3. The third-order valence-electron chi connectivity index (χ3n) is 3.98. The molecular formula is C16H22Cl4N2O2. The van der Waals surface area contributed by atoms with Crippen molar-refractivity contribution in [3.05, 3.63) is 27.2 Å². The van der Waals surface area contributed by atoms with E-state index in [1.54, 1.807) is 0 Å². The van der Waals surface area contributed by atoms with Crippen LogP contribution in [0, 0.1) is 5.92 Å². The monoisotopic (exact) mass is 414 g/mol. The largest absolute Gasteiger partial charge is 0.482 e. The number of likely N-dealkylation sites (tertiary alicyclic amines) is 1. The molecule has 1 aromatic carbocycles. The van der Waals surface area contributed by atoms with Crippen LogP contribution in [0.5, 0.6) is 5.75 Å². The summed E-state index contributed by atoms with van der Waals surface area (Å²) in [5.41, 5.74) is 0. The summed E-state index contributed by atoms with van der Waals surface area (Å²) in [6.45, 7) is 5.60. The van der Waals surface area contributed by atoms with Crippen LogP contribution in [0.25, 0.3) is 0 Å². The first-order chi connectivity index (χ1) is 11.0. The standard InChI is InChI=1S/C16H21Cl3N2O2.ClH/c1-2-20-9-11-3-5-21(6-4-11)16(22)10-23-15-8-13(18)12(17)7-14(15)19;/h7-8,11,20H,2-6,9-10H2,1H3;1H. The number of carbonyl (C=O) groups is 1. The Kier molecular flexibility index (Phi) is 9.53. The topological polar surface area (TPSA) is 41.6 Å². The van der Waals surface area contributed by atoms with Gasteiger partial charge in [-0.1, -0.05) is 41.7 Å². The molecule has 1 fully saturated rings. The van der Waals surface area contributed by atoms with Crippen molar-refractivity contribution in [2.45, 2.75) is 19.8 Å². The summed E-state index contributed by atoms with van der Waals surface area (Å²) in [6.07, 6.45) is 2.04. The number of benzene rings is 1. The van der Waals surface area contributed by atoms with Crippen molar-refractivity contribution in [1.29, 1.82) is 0 Å². The molecule has 4 nitrogen and oxygen atoms in total. The lowest BCUT2D eigenvalue weighted by molar-refractivity contribution is -0.134. The second-order valence-corrected chi connectivity index (χ2v) is 6.84.